The molecule has 2 aromatic carbocycles. The molecule has 34 heavy (non-hydrogen) atoms. The Morgan fingerprint density at radius 2 is 1.68 bits per heavy atom. The van der Waals surface area contributed by atoms with Gasteiger partial charge in [0, 0.05) is 35.8 Å². The van der Waals surface area contributed by atoms with Crippen LogP contribution in [0.25, 0.3) is 22.0 Å². The van der Waals surface area contributed by atoms with Crippen LogP contribution in [-0.2, 0) is 29.2 Å². The third-order valence-corrected chi connectivity index (χ3v) is 7.39. The van der Waals surface area contributed by atoms with E-state index in [0.29, 0.717) is 23.9 Å². The maximum Gasteiger partial charge on any atom is 0.417 e. The van der Waals surface area contributed by atoms with E-state index in [1.54, 1.807) is 13.8 Å². The highest BCUT2D eigenvalue weighted by Gasteiger charge is 2.34. The lowest BCUT2D eigenvalue weighted by Crippen LogP contribution is -2.32. The van der Waals surface area contributed by atoms with Crippen molar-refractivity contribution in [2.45, 2.75) is 59.0 Å². The molecule has 0 saturated heterocycles. The van der Waals surface area contributed by atoms with Gasteiger partial charge in [-0.15, -0.1) is 0 Å². The van der Waals surface area contributed by atoms with Crippen molar-refractivity contribution in [2.24, 2.45) is 5.41 Å². The monoisotopic (exact) mass is 498 g/mol. The van der Waals surface area contributed by atoms with Crippen molar-refractivity contribution in [3.05, 3.63) is 59.5 Å². The Hall–Kier alpha value is -2.39. The normalized spacial score (nSPS) is 13.2. The van der Waals surface area contributed by atoms with Gasteiger partial charge in [-0.05, 0) is 55.0 Å². The smallest absolute Gasteiger partial charge is 0.347 e. The van der Waals surface area contributed by atoms with Crippen molar-refractivity contribution in [3.8, 4) is 11.1 Å². The molecule has 0 saturated carbocycles. The first-order valence-corrected chi connectivity index (χ1v) is 12.6. The Kier molecular flexibility index (Phi) is 7.20. The number of benzene rings is 2. The van der Waals surface area contributed by atoms with Crippen molar-refractivity contribution < 1.29 is 26.0 Å². The quantitative estimate of drug-likeness (QED) is 0.384. The van der Waals surface area contributed by atoms with Crippen LogP contribution in [0.5, 0.6) is 0 Å². The van der Waals surface area contributed by atoms with Crippen LogP contribution in [0.15, 0.2) is 42.6 Å². The molecule has 3 rings (SSSR count). The van der Waals surface area contributed by atoms with E-state index in [1.165, 1.54) is 30.3 Å². The summed E-state index contributed by atoms with van der Waals surface area (Å²) in [7, 11) is -3.45. The van der Waals surface area contributed by atoms with Gasteiger partial charge in [0.2, 0.25) is 10.0 Å². The van der Waals surface area contributed by atoms with Gasteiger partial charge in [-0.1, -0.05) is 39.0 Å². The number of hydrogen-bond donors (Lipinski definition) is 1. The van der Waals surface area contributed by atoms with Gasteiger partial charge >= 0.3 is 6.18 Å². The third kappa shape index (κ3) is 5.81. The molecule has 186 valence electrons. The van der Waals surface area contributed by atoms with E-state index >= 15 is 4.39 Å². The molecular weight excluding hydrogens is 468 g/mol. The van der Waals surface area contributed by atoms with Crippen LogP contribution in [0.2, 0.25) is 0 Å². The number of fused-ring (bicyclic) bond motifs is 1. The minimum atomic E-state index is -4.62. The van der Waals surface area contributed by atoms with E-state index in [-0.39, 0.29) is 23.1 Å². The molecule has 1 N–H and O–H groups in total. The van der Waals surface area contributed by atoms with Crippen molar-refractivity contribution in [2.75, 3.05) is 6.54 Å². The zero-order valence-corrected chi connectivity index (χ0v) is 20.7. The first-order valence-electron chi connectivity index (χ1n) is 11.1. The number of nitrogens with one attached hydrogen (secondary N) is 1. The van der Waals surface area contributed by atoms with Crippen molar-refractivity contribution in [1.29, 1.82) is 0 Å². The molecule has 0 spiro atoms. The molecule has 1 heterocycles. The van der Waals surface area contributed by atoms with Crippen LogP contribution in [0.4, 0.5) is 17.6 Å². The van der Waals surface area contributed by atoms with Gasteiger partial charge in [0.25, 0.3) is 0 Å². The van der Waals surface area contributed by atoms with E-state index in [1.807, 2.05) is 31.5 Å². The number of halogens is 4. The minimum Gasteiger partial charge on any atom is -0.347 e. The topological polar surface area (TPSA) is 51.1 Å². The molecule has 0 aliphatic carbocycles. The van der Waals surface area contributed by atoms with Crippen molar-refractivity contribution >= 4 is 20.9 Å². The van der Waals surface area contributed by atoms with Crippen LogP contribution in [-0.4, -0.2) is 24.8 Å². The third-order valence-electron chi connectivity index (χ3n) is 5.54. The second kappa shape index (κ2) is 9.34. The second-order valence-corrected chi connectivity index (χ2v) is 12.3. The fraction of sp³-hybridized carbons (Fsp3) is 0.440. The molecule has 0 aliphatic rings. The summed E-state index contributed by atoms with van der Waals surface area (Å²) in [5.74, 6) is -0.762. The van der Waals surface area contributed by atoms with E-state index in [4.69, 9.17) is 0 Å². The van der Waals surface area contributed by atoms with Crippen molar-refractivity contribution in [3.63, 3.8) is 0 Å². The van der Waals surface area contributed by atoms with Crippen LogP contribution in [0.1, 0.15) is 45.7 Å². The number of aromatic nitrogens is 1. The minimum absolute atomic E-state index is 0.124. The highest BCUT2D eigenvalue weighted by molar-refractivity contribution is 7.90. The molecule has 0 bridgehead atoms. The highest BCUT2D eigenvalue weighted by atomic mass is 32.2. The van der Waals surface area contributed by atoms with Gasteiger partial charge in [0.1, 0.15) is 5.82 Å². The summed E-state index contributed by atoms with van der Waals surface area (Å²) in [6, 6.07) is 7.66. The Morgan fingerprint density at radius 1 is 1.03 bits per heavy atom. The molecule has 0 fully saturated rings. The molecule has 1 aromatic heterocycles. The maximum atomic E-state index is 15.2. The average Bonchev–Trinajstić information content (AvgIpc) is 3.01. The van der Waals surface area contributed by atoms with E-state index in [0.717, 1.165) is 11.6 Å². The lowest BCUT2D eigenvalue weighted by molar-refractivity contribution is -0.137. The summed E-state index contributed by atoms with van der Waals surface area (Å²) in [5, 5.41) is -0.0258. The summed E-state index contributed by atoms with van der Waals surface area (Å²) < 4.78 is 84.6. The number of nitrogens with zero attached hydrogens (tertiary/aromatic N) is 1. The van der Waals surface area contributed by atoms with E-state index in [2.05, 4.69) is 4.72 Å². The largest absolute Gasteiger partial charge is 0.417 e. The molecule has 0 atom stereocenters. The van der Waals surface area contributed by atoms with Crippen molar-refractivity contribution in [1.82, 2.24) is 9.29 Å². The van der Waals surface area contributed by atoms with Gasteiger partial charge in [-0.25, -0.2) is 17.5 Å². The summed E-state index contributed by atoms with van der Waals surface area (Å²) in [6.45, 7) is 9.92. The highest BCUT2D eigenvalue weighted by Crippen LogP contribution is 2.39. The molecular formula is C25H30F4N2O2S. The van der Waals surface area contributed by atoms with Crippen LogP contribution in [0, 0.1) is 11.2 Å². The number of hydrogen-bond acceptors (Lipinski definition) is 2. The van der Waals surface area contributed by atoms with E-state index < -0.39 is 32.8 Å². The van der Waals surface area contributed by atoms with Gasteiger partial charge in [0.05, 0.1) is 10.8 Å². The molecule has 0 unspecified atom stereocenters. The summed E-state index contributed by atoms with van der Waals surface area (Å²) >= 11 is 0. The summed E-state index contributed by atoms with van der Waals surface area (Å²) in [4.78, 5) is 0. The van der Waals surface area contributed by atoms with Gasteiger partial charge in [0.15, 0.2) is 0 Å². The fourth-order valence-electron chi connectivity index (χ4n) is 3.89. The Balaban J connectivity index is 2.12. The Labute approximate surface area is 198 Å². The van der Waals surface area contributed by atoms with Gasteiger partial charge in [-0.3, -0.25) is 0 Å². The molecule has 3 aromatic rings. The van der Waals surface area contributed by atoms with Crippen LogP contribution >= 0.6 is 0 Å². The second-order valence-electron chi connectivity index (χ2n) is 9.97. The van der Waals surface area contributed by atoms with E-state index in [9.17, 15) is 21.6 Å². The average molecular weight is 499 g/mol. The molecule has 4 nitrogen and oxygen atoms in total. The summed E-state index contributed by atoms with van der Waals surface area (Å²) in [6.07, 6.45) is -2.47. The van der Waals surface area contributed by atoms with Gasteiger partial charge < -0.3 is 4.57 Å². The number of rotatable bonds is 7. The summed E-state index contributed by atoms with van der Waals surface area (Å²) in [5.41, 5.74) is -0.0680. The maximum absolute atomic E-state index is 15.2. The molecule has 0 amide bonds. The lowest BCUT2D eigenvalue weighted by atomic mass is 9.96. The first kappa shape index (κ1) is 26.2. The number of sulfonamides is 1. The fourth-order valence-corrected chi connectivity index (χ4v) is 4.61. The predicted molar refractivity (Wildman–Crippen MR) is 128 cm³/mol. The Bertz CT molecular complexity index is 1290. The molecule has 0 radical (unpaired) electrons. The number of alkyl halides is 3. The van der Waals surface area contributed by atoms with Crippen LogP contribution < -0.4 is 4.72 Å². The van der Waals surface area contributed by atoms with Crippen LogP contribution in [0.3, 0.4) is 0 Å². The molecule has 0 aliphatic heterocycles. The van der Waals surface area contributed by atoms with Gasteiger partial charge in [-0.2, -0.15) is 13.2 Å². The molecule has 9 heteroatoms. The SMILES string of the molecule is CC(C)S(=O)(=O)NCCc1cn(CC(C)(C)C)c2cc(-c3ccccc3C(F)(F)F)c(F)cc12. The zero-order valence-electron chi connectivity index (χ0n) is 19.9. The standard InChI is InChI=1S/C25H30F4N2O2S/c1-16(2)34(32,33)30-11-10-17-14-31(15-24(3,4)5)23-13-20(22(26)12-19(17)23)18-8-6-7-9-21(18)25(27,28)29/h6-9,12-14,16,30H,10-11,15H2,1-5H3. The zero-order chi connectivity index (χ0) is 25.5. The lowest BCUT2D eigenvalue weighted by Gasteiger charge is -2.20. The Morgan fingerprint density at radius 3 is 2.26 bits per heavy atom. The first-order chi connectivity index (χ1) is 15.6. The predicted octanol–water partition coefficient (Wildman–Crippen LogP) is 6.38.